The SMILES string of the molecule is CC(=O)Nc1ccc(C2=C(N3CCCC(C)C3)C(=O)N(c3cccc(Cl)c3)C2=O)cc1. The molecule has 2 heterocycles. The van der Waals surface area contributed by atoms with Gasteiger partial charge in [0.05, 0.1) is 11.3 Å². The highest BCUT2D eigenvalue weighted by atomic mass is 35.5. The van der Waals surface area contributed by atoms with Gasteiger partial charge in [0.15, 0.2) is 0 Å². The van der Waals surface area contributed by atoms with Crippen LogP contribution in [0.4, 0.5) is 11.4 Å². The molecular formula is C24H24ClN3O3. The van der Waals surface area contributed by atoms with Crippen molar-refractivity contribution in [3.63, 3.8) is 0 Å². The minimum atomic E-state index is -0.368. The Labute approximate surface area is 186 Å². The first-order valence-corrected chi connectivity index (χ1v) is 10.7. The third kappa shape index (κ3) is 4.21. The molecule has 1 fully saturated rings. The number of halogens is 1. The fraction of sp³-hybridized carbons (Fsp3) is 0.292. The molecule has 6 nitrogen and oxygen atoms in total. The van der Waals surface area contributed by atoms with Gasteiger partial charge in [-0.2, -0.15) is 0 Å². The first kappa shape index (κ1) is 21.1. The van der Waals surface area contributed by atoms with E-state index in [2.05, 4.69) is 12.2 Å². The van der Waals surface area contributed by atoms with Crippen LogP contribution in [0.25, 0.3) is 5.57 Å². The highest BCUT2D eigenvalue weighted by Gasteiger charge is 2.43. The van der Waals surface area contributed by atoms with E-state index in [1.165, 1.54) is 11.8 Å². The molecular weight excluding hydrogens is 414 g/mol. The summed E-state index contributed by atoms with van der Waals surface area (Å²) < 4.78 is 0. The van der Waals surface area contributed by atoms with Gasteiger partial charge in [0.2, 0.25) is 5.91 Å². The number of amides is 3. The molecule has 2 aliphatic heterocycles. The first-order chi connectivity index (χ1) is 14.8. The van der Waals surface area contributed by atoms with Crippen molar-refractivity contribution in [1.29, 1.82) is 0 Å². The van der Waals surface area contributed by atoms with Crippen LogP contribution in [0.3, 0.4) is 0 Å². The Bertz CT molecular complexity index is 1080. The zero-order valence-electron chi connectivity index (χ0n) is 17.5. The number of likely N-dealkylation sites (tertiary alicyclic amines) is 1. The molecule has 0 bridgehead atoms. The van der Waals surface area contributed by atoms with Gasteiger partial charge in [0, 0.05) is 30.7 Å². The van der Waals surface area contributed by atoms with Gasteiger partial charge in [-0.25, -0.2) is 4.90 Å². The van der Waals surface area contributed by atoms with E-state index >= 15 is 0 Å². The lowest BCUT2D eigenvalue weighted by Gasteiger charge is -2.33. The lowest BCUT2D eigenvalue weighted by molar-refractivity contribution is -0.121. The van der Waals surface area contributed by atoms with E-state index in [0.717, 1.165) is 25.9 Å². The topological polar surface area (TPSA) is 69.7 Å². The van der Waals surface area contributed by atoms with Crippen molar-refractivity contribution in [2.45, 2.75) is 26.7 Å². The fourth-order valence-electron chi connectivity index (χ4n) is 4.24. The Morgan fingerprint density at radius 2 is 1.84 bits per heavy atom. The molecule has 0 aliphatic carbocycles. The highest BCUT2D eigenvalue weighted by Crippen LogP contribution is 2.37. The van der Waals surface area contributed by atoms with E-state index < -0.39 is 0 Å². The fourth-order valence-corrected chi connectivity index (χ4v) is 4.42. The molecule has 1 N–H and O–H groups in total. The number of benzene rings is 2. The van der Waals surface area contributed by atoms with Crippen LogP contribution in [-0.2, 0) is 14.4 Å². The van der Waals surface area contributed by atoms with E-state index in [4.69, 9.17) is 11.6 Å². The van der Waals surface area contributed by atoms with Crippen molar-refractivity contribution in [3.05, 3.63) is 64.8 Å². The molecule has 1 saturated heterocycles. The number of hydrogen-bond donors (Lipinski definition) is 1. The maximum Gasteiger partial charge on any atom is 0.282 e. The Morgan fingerprint density at radius 3 is 2.48 bits per heavy atom. The van der Waals surface area contributed by atoms with Crippen molar-refractivity contribution >= 4 is 46.3 Å². The first-order valence-electron chi connectivity index (χ1n) is 10.4. The number of carbonyl (C=O) groups excluding carboxylic acids is 3. The van der Waals surface area contributed by atoms with Crippen molar-refractivity contribution in [2.24, 2.45) is 5.92 Å². The van der Waals surface area contributed by atoms with E-state index in [1.807, 2.05) is 4.90 Å². The molecule has 2 aliphatic rings. The summed E-state index contributed by atoms with van der Waals surface area (Å²) in [6.45, 7) is 5.06. The lowest BCUT2D eigenvalue weighted by Crippen LogP contribution is -2.39. The van der Waals surface area contributed by atoms with Crippen molar-refractivity contribution in [3.8, 4) is 0 Å². The van der Waals surface area contributed by atoms with E-state index in [0.29, 0.717) is 39.1 Å². The molecule has 160 valence electrons. The summed E-state index contributed by atoms with van der Waals surface area (Å²) in [7, 11) is 0. The van der Waals surface area contributed by atoms with Crippen molar-refractivity contribution in [1.82, 2.24) is 4.90 Å². The highest BCUT2D eigenvalue weighted by molar-refractivity contribution is 6.45. The van der Waals surface area contributed by atoms with E-state index in [1.54, 1.807) is 48.5 Å². The molecule has 0 saturated carbocycles. The van der Waals surface area contributed by atoms with Crippen LogP contribution in [0.1, 0.15) is 32.3 Å². The minimum Gasteiger partial charge on any atom is -0.366 e. The van der Waals surface area contributed by atoms with Gasteiger partial charge in [-0.05, 0) is 54.7 Å². The zero-order valence-corrected chi connectivity index (χ0v) is 18.3. The maximum atomic E-state index is 13.5. The number of anilines is 2. The predicted octanol–water partition coefficient (Wildman–Crippen LogP) is 4.31. The number of hydrogen-bond acceptors (Lipinski definition) is 4. The average molecular weight is 438 g/mol. The van der Waals surface area contributed by atoms with Gasteiger partial charge >= 0.3 is 0 Å². The van der Waals surface area contributed by atoms with E-state index in [9.17, 15) is 14.4 Å². The smallest absolute Gasteiger partial charge is 0.282 e. The van der Waals surface area contributed by atoms with E-state index in [-0.39, 0.29) is 17.7 Å². The molecule has 4 rings (SSSR count). The Balaban J connectivity index is 1.79. The molecule has 0 spiro atoms. The number of piperidine rings is 1. The molecule has 7 heteroatoms. The summed E-state index contributed by atoms with van der Waals surface area (Å²) in [6.07, 6.45) is 2.07. The third-order valence-electron chi connectivity index (χ3n) is 5.59. The van der Waals surface area contributed by atoms with Gasteiger partial charge in [-0.15, -0.1) is 0 Å². The van der Waals surface area contributed by atoms with Crippen LogP contribution in [0.2, 0.25) is 5.02 Å². The molecule has 3 amide bonds. The summed E-state index contributed by atoms with van der Waals surface area (Å²) >= 11 is 6.13. The van der Waals surface area contributed by atoms with Gasteiger partial charge in [0.25, 0.3) is 11.8 Å². The second-order valence-corrected chi connectivity index (χ2v) is 8.54. The van der Waals surface area contributed by atoms with Gasteiger partial charge in [-0.3, -0.25) is 14.4 Å². The average Bonchev–Trinajstić information content (AvgIpc) is 2.98. The second kappa shape index (κ2) is 8.55. The van der Waals surface area contributed by atoms with Crippen LogP contribution in [0, 0.1) is 5.92 Å². The number of carbonyl (C=O) groups is 3. The summed E-state index contributed by atoms with van der Waals surface area (Å²) in [5, 5.41) is 3.18. The number of rotatable bonds is 4. The summed E-state index contributed by atoms with van der Waals surface area (Å²) in [5.41, 5.74) is 2.55. The number of nitrogens with zero attached hydrogens (tertiary/aromatic N) is 2. The summed E-state index contributed by atoms with van der Waals surface area (Å²) in [6, 6.07) is 13.8. The predicted molar refractivity (Wildman–Crippen MR) is 122 cm³/mol. The summed E-state index contributed by atoms with van der Waals surface area (Å²) in [5.74, 6) is -0.433. The Morgan fingerprint density at radius 1 is 1.10 bits per heavy atom. The molecule has 2 aromatic rings. The molecule has 0 aromatic heterocycles. The second-order valence-electron chi connectivity index (χ2n) is 8.10. The van der Waals surface area contributed by atoms with Crippen LogP contribution >= 0.6 is 11.6 Å². The third-order valence-corrected chi connectivity index (χ3v) is 5.83. The van der Waals surface area contributed by atoms with Gasteiger partial charge in [0.1, 0.15) is 5.70 Å². The Hall–Kier alpha value is -3.12. The largest absolute Gasteiger partial charge is 0.366 e. The van der Waals surface area contributed by atoms with Crippen LogP contribution in [-0.4, -0.2) is 35.7 Å². The summed E-state index contributed by atoms with van der Waals surface area (Å²) in [4.78, 5) is 41.6. The Kier molecular flexibility index (Phi) is 5.83. The number of imide groups is 1. The normalized spacial score (nSPS) is 19.3. The van der Waals surface area contributed by atoms with Crippen LogP contribution in [0.5, 0.6) is 0 Å². The maximum absolute atomic E-state index is 13.5. The van der Waals surface area contributed by atoms with Gasteiger partial charge < -0.3 is 10.2 Å². The lowest BCUT2D eigenvalue weighted by atomic mass is 9.97. The minimum absolute atomic E-state index is 0.172. The van der Waals surface area contributed by atoms with Gasteiger partial charge in [-0.1, -0.05) is 36.7 Å². The molecule has 0 radical (unpaired) electrons. The van der Waals surface area contributed by atoms with Crippen LogP contribution in [0.15, 0.2) is 54.2 Å². The molecule has 31 heavy (non-hydrogen) atoms. The quantitative estimate of drug-likeness (QED) is 0.723. The van der Waals surface area contributed by atoms with Crippen molar-refractivity contribution in [2.75, 3.05) is 23.3 Å². The molecule has 2 aromatic carbocycles. The standard InChI is InChI=1S/C24H24ClN3O3/c1-15-5-4-12-27(14-15)22-21(17-8-10-19(11-9-17)26-16(2)29)23(30)28(24(22)31)20-7-3-6-18(25)13-20/h3,6-11,13,15H,4-5,12,14H2,1-2H3,(H,26,29). The molecule has 1 unspecified atom stereocenters. The monoisotopic (exact) mass is 437 g/mol. The van der Waals surface area contributed by atoms with Crippen LogP contribution < -0.4 is 10.2 Å². The van der Waals surface area contributed by atoms with Crippen molar-refractivity contribution < 1.29 is 14.4 Å². The number of nitrogens with one attached hydrogen (secondary N) is 1. The molecule has 1 atom stereocenters. The zero-order chi connectivity index (χ0) is 22.1.